The molecule has 7 heteroatoms. The summed E-state index contributed by atoms with van der Waals surface area (Å²) in [6.07, 6.45) is -2.71. The van der Waals surface area contributed by atoms with E-state index < -0.39 is 11.7 Å². The quantitative estimate of drug-likeness (QED) is 0.504. The van der Waals surface area contributed by atoms with Crippen molar-refractivity contribution in [1.29, 1.82) is 0 Å². The molecular weight excluding hydrogens is 359 g/mol. The highest BCUT2D eigenvalue weighted by Crippen LogP contribution is 2.31. The Labute approximate surface area is 145 Å². The molecule has 124 valence electrons. The summed E-state index contributed by atoms with van der Waals surface area (Å²) in [5, 5.41) is 1.09. The molecule has 0 fully saturated rings. The molecule has 0 aliphatic carbocycles. The Balaban J connectivity index is 1.64. The molecule has 0 aliphatic rings. The number of hydrogen-bond acceptors (Lipinski definition) is 3. The molecule has 0 spiro atoms. The summed E-state index contributed by atoms with van der Waals surface area (Å²) in [4.78, 5) is 4.17. The fourth-order valence-corrected chi connectivity index (χ4v) is 2.89. The molecule has 1 aromatic heterocycles. The number of benzene rings is 2. The maximum absolute atomic E-state index is 12.5. The Bertz CT molecular complexity index is 813. The third-order valence-electron chi connectivity index (χ3n) is 3.26. The lowest BCUT2D eigenvalue weighted by atomic mass is 10.1. The van der Waals surface area contributed by atoms with Crippen LogP contribution in [0.3, 0.4) is 0 Å². The van der Waals surface area contributed by atoms with Crippen LogP contribution in [-0.4, -0.2) is 4.98 Å². The van der Waals surface area contributed by atoms with E-state index in [0.29, 0.717) is 21.8 Å². The van der Waals surface area contributed by atoms with Gasteiger partial charge in [0, 0.05) is 16.3 Å². The van der Waals surface area contributed by atoms with E-state index in [1.165, 1.54) is 23.9 Å². The van der Waals surface area contributed by atoms with Crippen molar-refractivity contribution in [3.8, 4) is 11.3 Å². The van der Waals surface area contributed by atoms with Crippen LogP contribution in [0.4, 0.5) is 13.2 Å². The number of hydrogen-bond donors (Lipinski definition) is 0. The zero-order valence-corrected chi connectivity index (χ0v) is 13.8. The average molecular weight is 370 g/mol. The van der Waals surface area contributed by atoms with E-state index in [1.54, 1.807) is 18.3 Å². The van der Waals surface area contributed by atoms with Crippen molar-refractivity contribution in [1.82, 2.24) is 4.98 Å². The minimum Gasteiger partial charge on any atom is -0.431 e. The molecule has 0 radical (unpaired) electrons. The first-order valence-electron chi connectivity index (χ1n) is 6.92. The molecule has 0 bridgehead atoms. The van der Waals surface area contributed by atoms with Crippen molar-refractivity contribution < 1.29 is 17.6 Å². The van der Waals surface area contributed by atoms with Crippen LogP contribution in [0.1, 0.15) is 11.1 Å². The van der Waals surface area contributed by atoms with E-state index in [0.717, 1.165) is 23.3 Å². The number of nitrogens with zero attached hydrogens (tertiary/aromatic N) is 1. The molecule has 0 aliphatic heterocycles. The predicted molar refractivity (Wildman–Crippen MR) is 88.0 cm³/mol. The summed E-state index contributed by atoms with van der Waals surface area (Å²) in [6.45, 7) is 0. The Kier molecular flexibility index (Phi) is 4.87. The van der Waals surface area contributed by atoms with Crippen LogP contribution >= 0.6 is 23.4 Å². The fourth-order valence-electron chi connectivity index (χ4n) is 2.01. The summed E-state index contributed by atoms with van der Waals surface area (Å²) in [5.74, 6) is 1.08. The summed E-state index contributed by atoms with van der Waals surface area (Å²) < 4.78 is 43.2. The first kappa shape index (κ1) is 16.9. The first-order valence-corrected chi connectivity index (χ1v) is 8.29. The van der Waals surface area contributed by atoms with Gasteiger partial charge in [-0.2, -0.15) is 13.2 Å². The van der Waals surface area contributed by atoms with Gasteiger partial charge < -0.3 is 4.42 Å². The SMILES string of the molecule is FC(F)(F)c1ccc(CSc2ncc(-c3ccc(Cl)cc3)o2)cc1. The van der Waals surface area contributed by atoms with Crippen LogP contribution in [0.25, 0.3) is 11.3 Å². The molecule has 0 unspecified atom stereocenters. The third-order valence-corrected chi connectivity index (χ3v) is 4.42. The van der Waals surface area contributed by atoms with Gasteiger partial charge in [0.05, 0.1) is 11.8 Å². The van der Waals surface area contributed by atoms with Crippen molar-refractivity contribution in [2.45, 2.75) is 17.2 Å². The molecule has 24 heavy (non-hydrogen) atoms. The number of thioether (sulfide) groups is 1. The van der Waals surface area contributed by atoms with E-state index in [9.17, 15) is 13.2 Å². The van der Waals surface area contributed by atoms with Gasteiger partial charge >= 0.3 is 6.18 Å². The standard InChI is InChI=1S/C17H11ClF3NOS/c18-14-7-3-12(4-8-14)15-9-22-16(23-15)24-10-11-1-5-13(6-2-11)17(19,20)21/h1-9H,10H2. The maximum Gasteiger partial charge on any atom is 0.416 e. The van der Waals surface area contributed by atoms with Gasteiger partial charge in [0.15, 0.2) is 5.76 Å². The number of rotatable bonds is 4. The topological polar surface area (TPSA) is 26.0 Å². The lowest BCUT2D eigenvalue weighted by molar-refractivity contribution is -0.137. The van der Waals surface area contributed by atoms with E-state index in [2.05, 4.69) is 4.98 Å². The van der Waals surface area contributed by atoms with Gasteiger partial charge in [-0.1, -0.05) is 35.5 Å². The third kappa shape index (κ3) is 4.13. The number of halogens is 4. The molecule has 1 heterocycles. The van der Waals surface area contributed by atoms with Crippen molar-refractivity contribution in [3.63, 3.8) is 0 Å². The zero-order chi connectivity index (χ0) is 17.2. The second-order valence-electron chi connectivity index (χ2n) is 4.98. The van der Waals surface area contributed by atoms with Gasteiger partial charge in [0.1, 0.15) is 0 Å². The van der Waals surface area contributed by atoms with Crippen molar-refractivity contribution >= 4 is 23.4 Å². The van der Waals surface area contributed by atoms with Crippen molar-refractivity contribution in [2.75, 3.05) is 0 Å². The highest BCUT2D eigenvalue weighted by molar-refractivity contribution is 7.98. The van der Waals surface area contributed by atoms with Gasteiger partial charge in [-0.15, -0.1) is 0 Å². The van der Waals surface area contributed by atoms with Crippen LogP contribution < -0.4 is 0 Å². The van der Waals surface area contributed by atoms with E-state index in [1.807, 2.05) is 12.1 Å². The lowest BCUT2D eigenvalue weighted by Crippen LogP contribution is -2.04. The molecule has 3 aromatic rings. The molecule has 2 aromatic carbocycles. The van der Waals surface area contributed by atoms with Crippen molar-refractivity contribution in [3.05, 3.63) is 70.9 Å². The molecule has 0 N–H and O–H groups in total. The van der Waals surface area contributed by atoms with Crippen LogP contribution in [0.15, 0.2) is 64.4 Å². The minimum atomic E-state index is -4.32. The summed E-state index contributed by atoms with van der Waals surface area (Å²) in [7, 11) is 0. The lowest BCUT2D eigenvalue weighted by Gasteiger charge is -2.06. The van der Waals surface area contributed by atoms with Gasteiger partial charge in [-0.3, -0.25) is 0 Å². The predicted octanol–water partition coefficient (Wildman–Crippen LogP) is 6.31. The highest BCUT2D eigenvalue weighted by Gasteiger charge is 2.29. The van der Waals surface area contributed by atoms with E-state index in [-0.39, 0.29) is 0 Å². The molecule has 2 nitrogen and oxygen atoms in total. The smallest absolute Gasteiger partial charge is 0.416 e. The summed E-state index contributed by atoms with van der Waals surface area (Å²) >= 11 is 7.16. The Hall–Kier alpha value is -1.92. The molecule has 0 saturated carbocycles. The number of aromatic nitrogens is 1. The molecule has 0 atom stereocenters. The number of alkyl halides is 3. The summed E-state index contributed by atoms with van der Waals surface area (Å²) in [6, 6.07) is 12.2. The Morgan fingerprint density at radius 1 is 1.00 bits per heavy atom. The second-order valence-corrected chi connectivity index (χ2v) is 6.34. The van der Waals surface area contributed by atoms with Gasteiger partial charge in [-0.25, -0.2) is 4.98 Å². The highest BCUT2D eigenvalue weighted by atomic mass is 35.5. The van der Waals surface area contributed by atoms with Crippen molar-refractivity contribution in [2.24, 2.45) is 0 Å². The normalized spacial score (nSPS) is 11.7. The van der Waals surface area contributed by atoms with Gasteiger partial charge in [0.2, 0.25) is 0 Å². The largest absolute Gasteiger partial charge is 0.431 e. The van der Waals surface area contributed by atoms with Crippen LogP contribution in [0, 0.1) is 0 Å². The molecule has 3 rings (SSSR count). The average Bonchev–Trinajstić information content (AvgIpc) is 3.02. The van der Waals surface area contributed by atoms with Crippen LogP contribution in [0.5, 0.6) is 0 Å². The monoisotopic (exact) mass is 369 g/mol. The zero-order valence-electron chi connectivity index (χ0n) is 12.2. The van der Waals surface area contributed by atoms with Gasteiger partial charge in [0.25, 0.3) is 5.22 Å². The minimum absolute atomic E-state index is 0.458. The molecule has 0 amide bonds. The fraction of sp³-hybridized carbons (Fsp3) is 0.118. The van der Waals surface area contributed by atoms with Gasteiger partial charge in [-0.05, 0) is 42.0 Å². The Morgan fingerprint density at radius 2 is 1.67 bits per heavy atom. The maximum atomic E-state index is 12.5. The van der Waals surface area contributed by atoms with Crippen LogP contribution in [0.2, 0.25) is 5.02 Å². The number of oxazole rings is 1. The van der Waals surface area contributed by atoms with E-state index in [4.69, 9.17) is 16.0 Å². The molecule has 0 saturated heterocycles. The Morgan fingerprint density at radius 3 is 2.29 bits per heavy atom. The van der Waals surface area contributed by atoms with Crippen LogP contribution in [-0.2, 0) is 11.9 Å². The van der Waals surface area contributed by atoms with E-state index >= 15 is 0 Å². The first-order chi connectivity index (χ1) is 11.4. The second kappa shape index (κ2) is 6.91. The summed E-state index contributed by atoms with van der Waals surface area (Å²) in [5.41, 5.74) is 0.963. The molecular formula is C17H11ClF3NOS.